The van der Waals surface area contributed by atoms with Crippen molar-refractivity contribution in [3.8, 4) is 23.3 Å². The van der Waals surface area contributed by atoms with Gasteiger partial charge in [0.25, 0.3) is 5.91 Å². The first-order valence-electron chi connectivity index (χ1n) is 9.03. The molecule has 0 heterocycles. The second kappa shape index (κ2) is 9.31. The van der Waals surface area contributed by atoms with E-state index in [1.54, 1.807) is 19.1 Å². The van der Waals surface area contributed by atoms with Crippen LogP contribution in [0.3, 0.4) is 0 Å². The highest BCUT2D eigenvalue weighted by Crippen LogP contribution is 2.39. The molecule has 8 heteroatoms. The largest absolute Gasteiger partial charge is 0.493 e. The Morgan fingerprint density at radius 1 is 1.18 bits per heavy atom. The van der Waals surface area contributed by atoms with E-state index in [0.29, 0.717) is 23.7 Å². The predicted octanol–water partition coefficient (Wildman–Crippen LogP) is 2.00. The number of benzene rings is 1. The maximum absolute atomic E-state index is 12.0. The number of carbonyl (C=O) groups is 2. The molecule has 1 fully saturated rings. The molecule has 1 aliphatic rings. The van der Waals surface area contributed by atoms with Crippen molar-refractivity contribution < 1.29 is 28.5 Å². The van der Waals surface area contributed by atoms with Crippen molar-refractivity contribution in [1.29, 1.82) is 5.26 Å². The molecule has 1 aliphatic carbocycles. The van der Waals surface area contributed by atoms with Crippen LogP contribution in [0.5, 0.6) is 17.2 Å². The molecular formula is C20H26N2O6. The van der Waals surface area contributed by atoms with Gasteiger partial charge in [0.2, 0.25) is 5.75 Å². The topological polar surface area (TPSA) is 107 Å². The number of hydrogen-bond acceptors (Lipinski definition) is 7. The Kier molecular flexibility index (Phi) is 7.10. The van der Waals surface area contributed by atoms with Crippen LogP contribution in [-0.4, -0.2) is 45.4 Å². The maximum atomic E-state index is 12.0. The van der Waals surface area contributed by atoms with Gasteiger partial charge in [0.05, 0.1) is 27.4 Å². The fraction of sp³-hybridized carbons (Fsp3) is 0.550. The summed E-state index contributed by atoms with van der Waals surface area (Å²) in [5, 5.41) is 11.9. The van der Waals surface area contributed by atoms with Crippen molar-refractivity contribution in [2.24, 2.45) is 5.92 Å². The molecule has 0 unspecified atom stereocenters. The molecule has 0 aliphatic heterocycles. The lowest BCUT2D eigenvalue weighted by Crippen LogP contribution is -2.48. The summed E-state index contributed by atoms with van der Waals surface area (Å²) in [7, 11) is 4.55. The molecule has 1 atom stereocenters. The van der Waals surface area contributed by atoms with E-state index < -0.39 is 24.0 Å². The third-order valence-corrected chi connectivity index (χ3v) is 4.73. The van der Waals surface area contributed by atoms with Crippen molar-refractivity contribution in [3.63, 3.8) is 0 Å². The summed E-state index contributed by atoms with van der Waals surface area (Å²) in [6.07, 6.45) is 2.30. The zero-order valence-corrected chi connectivity index (χ0v) is 16.7. The van der Waals surface area contributed by atoms with Gasteiger partial charge in [-0.2, -0.15) is 5.26 Å². The molecule has 0 aromatic heterocycles. The lowest BCUT2D eigenvalue weighted by Gasteiger charge is -2.22. The molecule has 8 nitrogen and oxygen atoms in total. The molecule has 152 valence electrons. The Hall–Kier alpha value is -2.95. The molecule has 0 bridgehead atoms. The molecule has 1 N–H and O–H groups in total. The molecule has 0 spiro atoms. The number of esters is 1. The van der Waals surface area contributed by atoms with E-state index in [4.69, 9.17) is 18.9 Å². The summed E-state index contributed by atoms with van der Waals surface area (Å²) in [5.41, 5.74) is -0.0960. The molecule has 0 radical (unpaired) electrons. The fourth-order valence-electron chi connectivity index (χ4n) is 2.95. The normalized spacial score (nSPS) is 15.0. The number of nitrogens with zero attached hydrogens (tertiary/aromatic N) is 1. The minimum atomic E-state index is -0.903. The number of ether oxygens (including phenoxy) is 4. The first-order chi connectivity index (χ1) is 13.4. The van der Waals surface area contributed by atoms with Crippen molar-refractivity contribution in [3.05, 3.63) is 17.7 Å². The number of hydrogen-bond donors (Lipinski definition) is 1. The second-order valence-electron chi connectivity index (χ2n) is 6.83. The quantitative estimate of drug-likeness (QED) is 0.609. The van der Waals surface area contributed by atoms with Gasteiger partial charge in [-0.15, -0.1) is 0 Å². The smallest absolute Gasteiger partial charge is 0.306 e. The standard InChI is InChI=1S/C20H26N2O6/c1-20(12-21,14-6-7-14)22-17(23)11-28-18(24)8-5-13-9-15(25-2)19(27-4)16(10-13)26-3/h9-10,14H,5-8,11H2,1-4H3,(H,22,23)/t20-/m1/s1. The average Bonchev–Trinajstić information content (AvgIpc) is 3.55. The van der Waals surface area contributed by atoms with Crippen LogP contribution in [0.4, 0.5) is 0 Å². The van der Waals surface area contributed by atoms with Crippen LogP contribution in [0.15, 0.2) is 12.1 Å². The number of methoxy groups -OCH3 is 3. The van der Waals surface area contributed by atoms with E-state index >= 15 is 0 Å². The minimum Gasteiger partial charge on any atom is -0.493 e. The molecule has 1 saturated carbocycles. The van der Waals surface area contributed by atoms with Gasteiger partial charge in [-0.3, -0.25) is 9.59 Å². The molecule has 0 saturated heterocycles. The summed E-state index contributed by atoms with van der Waals surface area (Å²) in [4.78, 5) is 24.0. The third kappa shape index (κ3) is 5.28. The first kappa shape index (κ1) is 21.4. The van der Waals surface area contributed by atoms with Crippen LogP contribution in [0, 0.1) is 17.2 Å². The summed E-state index contributed by atoms with van der Waals surface area (Å²) in [6.45, 7) is 1.28. The Labute approximate surface area is 164 Å². The highest BCUT2D eigenvalue weighted by Gasteiger charge is 2.43. The number of nitriles is 1. The highest BCUT2D eigenvalue weighted by molar-refractivity contribution is 5.81. The van der Waals surface area contributed by atoms with E-state index in [2.05, 4.69) is 11.4 Å². The Morgan fingerprint density at radius 3 is 2.25 bits per heavy atom. The molecular weight excluding hydrogens is 364 g/mol. The van der Waals surface area contributed by atoms with E-state index in [-0.39, 0.29) is 12.3 Å². The molecule has 28 heavy (non-hydrogen) atoms. The van der Waals surface area contributed by atoms with Gasteiger partial charge in [-0.05, 0) is 49.8 Å². The predicted molar refractivity (Wildman–Crippen MR) is 100 cm³/mol. The van der Waals surface area contributed by atoms with Crippen LogP contribution in [-0.2, 0) is 20.7 Å². The van der Waals surface area contributed by atoms with Crippen LogP contribution in [0.1, 0.15) is 31.7 Å². The van der Waals surface area contributed by atoms with Crippen molar-refractivity contribution in [1.82, 2.24) is 5.32 Å². The van der Waals surface area contributed by atoms with Gasteiger partial charge in [0.1, 0.15) is 5.54 Å². The van der Waals surface area contributed by atoms with Gasteiger partial charge >= 0.3 is 5.97 Å². The number of aryl methyl sites for hydroxylation is 1. The van der Waals surface area contributed by atoms with E-state index in [1.165, 1.54) is 21.3 Å². The zero-order valence-electron chi connectivity index (χ0n) is 16.7. The van der Waals surface area contributed by atoms with E-state index in [1.807, 2.05) is 0 Å². The van der Waals surface area contributed by atoms with E-state index in [9.17, 15) is 14.9 Å². The highest BCUT2D eigenvalue weighted by atomic mass is 16.5. The van der Waals surface area contributed by atoms with Crippen molar-refractivity contribution >= 4 is 11.9 Å². The van der Waals surface area contributed by atoms with Crippen molar-refractivity contribution in [2.45, 2.75) is 38.1 Å². The minimum absolute atomic E-state index is 0.0874. The Morgan fingerprint density at radius 2 is 1.79 bits per heavy atom. The molecule has 1 aromatic rings. The lowest BCUT2D eigenvalue weighted by atomic mass is 9.98. The van der Waals surface area contributed by atoms with Gasteiger partial charge < -0.3 is 24.3 Å². The number of carbonyl (C=O) groups excluding carboxylic acids is 2. The number of amides is 1. The zero-order chi connectivity index (χ0) is 20.7. The van der Waals surface area contributed by atoms with Gasteiger partial charge in [-0.25, -0.2) is 0 Å². The molecule has 1 amide bonds. The van der Waals surface area contributed by atoms with Crippen LogP contribution in [0.25, 0.3) is 0 Å². The molecule has 1 aromatic carbocycles. The monoisotopic (exact) mass is 390 g/mol. The van der Waals surface area contributed by atoms with Crippen molar-refractivity contribution in [2.75, 3.05) is 27.9 Å². The Bertz CT molecular complexity index is 743. The average molecular weight is 390 g/mol. The second-order valence-corrected chi connectivity index (χ2v) is 6.83. The van der Waals surface area contributed by atoms with Crippen LogP contribution < -0.4 is 19.5 Å². The van der Waals surface area contributed by atoms with Gasteiger partial charge in [0, 0.05) is 6.42 Å². The summed E-state index contributed by atoms with van der Waals surface area (Å²) in [5.74, 6) is 0.661. The summed E-state index contributed by atoms with van der Waals surface area (Å²) in [6, 6.07) is 5.65. The van der Waals surface area contributed by atoms with E-state index in [0.717, 1.165) is 18.4 Å². The number of rotatable bonds is 10. The van der Waals surface area contributed by atoms with Crippen LogP contribution in [0.2, 0.25) is 0 Å². The summed E-state index contributed by atoms with van der Waals surface area (Å²) >= 11 is 0. The maximum Gasteiger partial charge on any atom is 0.306 e. The lowest BCUT2D eigenvalue weighted by molar-refractivity contribution is -0.148. The Balaban J connectivity index is 1.85. The first-order valence-corrected chi connectivity index (χ1v) is 9.03. The fourth-order valence-corrected chi connectivity index (χ4v) is 2.95. The molecule has 2 rings (SSSR count). The van der Waals surface area contributed by atoms with Gasteiger partial charge in [0.15, 0.2) is 18.1 Å². The summed E-state index contributed by atoms with van der Waals surface area (Å²) < 4.78 is 20.9. The van der Waals surface area contributed by atoms with Crippen LogP contribution >= 0.6 is 0 Å². The SMILES string of the molecule is COc1cc(CCC(=O)OCC(=O)N[C@](C)(C#N)C2CC2)cc(OC)c1OC. The number of nitrogens with one attached hydrogen (secondary N) is 1. The van der Waals surface area contributed by atoms with Gasteiger partial charge in [-0.1, -0.05) is 0 Å². The third-order valence-electron chi connectivity index (χ3n) is 4.73.